The molecule has 3 aliphatic rings. The lowest BCUT2D eigenvalue weighted by atomic mass is 9.83. The van der Waals surface area contributed by atoms with E-state index < -0.39 is 0 Å². The predicted molar refractivity (Wildman–Crippen MR) is 46.3 cm³/mol. The summed E-state index contributed by atoms with van der Waals surface area (Å²) in [6, 6.07) is 0. The molecule has 3 fully saturated rings. The third-order valence-corrected chi connectivity index (χ3v) is 4.32. The number of hydrogen-bond acceptors (Lipinski definition) is 2. The molecule has 0 aromatic carbocycles. The summed E-state index contributed by atoms with van der Waals surface area (Å²) in [4.78, 5) is 13.6. The molecule has 2 heterocycles. The maximum atomic E-state index is 11.3. The molecule has 2 aliphatic heterocycles. The second-order valence-electron chi connectivity index (χ2n) is 3.97. The van der Waals surface area contributed by atoms with Crippen LogP contribution < -0.4 is 0 Å². The standard InChI is InChI=1S/C8H10BrNO2/c9-5-3-8-1-2-10(8)7(11)12-6(5)4-8/h5-6H,1-4H2/t5-,6-,8-/m1/s1. The molecule has 1 spiro atoms. The average molecular weight is 232 g/mol. The highest BCUT2D eigenvalue weighted by Gasteiger charge is 2.60. The number of nitrogens with zero attached hydrogens (tertiary/aromatic N) is 1. The molecule has 66 valence electrons. The fourth-order valence-corrected chi connectivity index (χ4v) is 3.54. The largest absolute Gasteiger partial charge is 0.445 e. The number of carbonyl (C=O) groups excluding carboxylic acids is 1. The molecule has 2 bridgehead atoms. The van der Waals surface area contributed by atoms with Crippen molar-refractivity contribution in [2.24, 2.45) is 0 Å². The Morgan fingerprint density at radius 3 is 3.08 bits per heavy atom. The van der Waals surface area contributed by atoms with Gasteiger partial charge >= 0.3 is 6.09 Å². The smallest absolute Gasteiger partial charge is 0.410 e. The van der Waals surface area contributed by atoms with Gasteiger partial charge in [0.25, 0.3) is 0 Å². The van der Waals surface area contributed by atoms with Crippen molar-refractivity contribution in [1.82, 2.24) is 4.90 Å². The van der Waals surface area contributed by atoms with Gasteiger partial charge in [0.1, 0.15) is 6.10 Å². The highest BCUT2D eigenvalue weighted by atomic mass is 79.9. The first kappa shape index (κ1) is 7.18. The van der Waals surface area contributed by atoms with Gasteiger partial charge in [0.15, 0.2) is 0 Å². The van der Waals surface area contributed by atoms with Gasteiger partial charge < -0.3 is 9.64 Å². The van der Waals surface area contributed by atoms with Crippen LogP contribution in [0.4, 0.5) is 4.79 Å². The lowest BCUT2D eigenvalue weighted by molar-refractivity contribution is -0.0577. The van der Waals surface area contributed by atoms with Crippen molar-refractivity contribution in [3.8, 4) is 0 Å². The molecule has 0 radical (unpaired) electrons. The van der Waals surface area contributed by atoms with Crippen molar-refractivity contribution in [1.29, 1.82) is 0 Å². The van der Waals surface area contributed by atoms with Crippen LogP contribution in [0.1, 0.15) is 19.3 Å². The van der Waals surface area contributed by atoms with Crippen LogP contribution in [-0.2, 0) is 4.74 Å². The first-order chi connectivity index (χ1) is 5.71. The second kappa shape index (κ2) is 1.97. The van der Waals surface area contributed by atoms with Gasteiger partial charge in [-0.3, -0.25) is 0 Å². The summed E-state index contributed by atoms with van der Waals surface area (Å²) >= 11 is 3.57. The highest BCUT2D eigenvalue weighted by Crippen LogP contribution is 2.51. The Morgan fingerprint density at radius 2 is 2.42 bits per heavy atom. The van der Waals surface area contributed by atoms with Crippen LogP contribution in [0.2, 0.25) is 0 Å². The molecule has 0 aromatic heterocycles. The van der Waals surface area contributed by atoms with E-state index in [-0.39, 0.29) is 17.7 Å². The van der Waals surface area contributed by atoms with E-state index in [2.05, 4.69) is 15.9 Å². The lowest BCUT2D eigenvalue weighted by Crippen LogP contribution is -2.63. The molecule has 0 unspecified atom stereocenters. The summed E-state index contributed by atoms with van der Waals surface area (Å²) in [5.74, 6) is 0. The summed E-state index contributed by atoms with van der Waals surface area (Å²) in [6.45, 7) is 0.894. The average Bonchev–Trinajstić information content (AvgIpc) is 2.24. The molecule has 12 heavy (non-hydrogen) atoms. The van der Waals surface area contributed by atoms with E-state index in [1.165, 1.54) is 6.42 Å². The molecular weight excluding hydrogens is 222 g/mol. The third-order valence-electron chi connectivity index (χ3n) is 3.41. The SMILES string of the molecule is O=C1O[C@@H]2C[C@@]3(CCN13)C[C@H]2Br. The summed E-state index contributed by atoms with van der Waals surface area (Å²) in [6.07, 6.45) is 3.31. The molecule has 1 aliphatic carbocycles. The maximum absolute atomic E-state index is 11.3. The van der Waals surface area contributed by atoms with Crippen LogP contribution in [0.25, 0.3) is 0 Å². The highest BCUT2D eigenvalue weighted by molar-refractivity contribution is 9.09. The van der Waals surface area contributed by atoms with Crippen LogP contribution in [0.3, 0.4) is 0 Å². The number of fused-ring (bicyclic) bond motifs is 1. The molecule has 2 saturated heterocycles. The zero-order chi connectivity index (χ0) is 8.34. The Bertz CT molecular complexity index is 253. The summed E-state index contributed by atoms with van der Waals surface area (Å²) < 4.78 is 5.26. The van der Waals surface area contributed by atoms with Crippen molar-refractivity contribution < 1.29 is 9.53 Å². The van der Waals surface area contributed by atoms with Crippen molar-refractivity contribution in [3.05, 3.63) is 0 Å². The minimum atomic E-state index is -0.0977. The number of alkyl halides is 1. The van der Waals surface area contributed by atoms with Crippen molar-refractivity contribution in [2.45, 2.75) is 35.7 Å². The zero-order valence-corrected chi connectivity index (χ0v) is 8.21. The number of rotatable bonds is 0. The molecule has 3 atom stereocenters. The van der Waals surface area contributed by atoms with Gasteiger partial charge in [0, 0.05) is 13.0 Å². The Morgan fingerprint density at radius 1 is 1.58 bits per heavy atom. The Hall–Kier alpha value is -0.250. The number of halogens is 1. The normalized spacial score (nSPS) is 49.8. The molecule has 1 amide bonds. The van der Waals surface area contributed by atoms with E-state index in [1.807, 2.05) is 4.90 Å². The maximum Gasteiger partial charge on any atom is 0.410 e. The third kappa shape index (κ3) is 0.655. The number of carbonyl (C=O) groups is 1. The number of hydrogen-bond donors (Lipinski definition) is 0. The Labute approximate surface area is 79.2 Å². The molecule has 3 rings (SSSR count). The summed E-state index contributed by atoms with van der Waals surface area (Å²) in [7, 11) is 0. The van der Waals surface area contributed by atoms with Gasteiger partial charge in [-0.05, 0) is 12.8 Å². The van der Waals surface area contributed by atoms with E-state index in [1.54, 1.807) is 0 Å². The summed E-state index contributed by atoms with van der Waals surface area (Å²) in [5, 5.41) is 0. The second-order valence-corrected chi connectivity index (χ2v) is 5.15. The molecule has 0 N–H and O–H groups in total. The first-order valence-electron chi connectivity index (χ1n) is 4.34. The van der Waals surface area contributed by atoms with Crippen molar-refractivity contribution >= 4 is 22.0 Å². The number of ether oxygens (including phenoxy) is 1. The molecule has 0 aromatic rings. The van der Waals surface area contributed by atoms with Gasteiger partial charge in [-0.2, -0.15) is 0 Å². The fraction of sp³-hybridized carbons (Fsp3) is 0.875. The zero-order valence-electron chi connectivity index (χ0n) is 6.62. The van der Waals surface area contributed by atoms with Crippen LogP contribution in [0, 0.1) is 0 Å². The van der Waals surface area contributed by atoms with Crippen LogP contribution in [0.5, 0.6) is 0 Å². The van der Waals surface area contributed by atoms with Crippen LogP contribution in [-0.4, -0.2) is 34.0 Å². The van der Waals surface area contributed by atoms with Crippen molar-refractivity contribution in [3.63, 3.8) is 0 Å². The topological polar surface area (TPSA) is 29.5 Å². The van der Waals surface area contributed by atoms with E-state index in [0.717, 1.165) is 19.4 Å². The molecule has 3 nitrogen and oxygen atoms in total. The monoisotopic (exact) mass is 231 g/mol. The molecular formula is C8H10BrNO2. The van der Waals surface area contributed by atoms with E-state index in [4.69, 9.17) is 4.74 Å². The first-order valence-corrected chi connectivity index (χ1v) is 5.25. The van der Waals surface area contributed by atoms with Crippen molar-refractivity contribution in [2.75, 3.05) is 6.54 Å². The summed E-state index contributed by atoms with van der Waals surface area (Å²) in [5.41, 5.74) is 0.189. The minimum Gasteiger partial charge on any atom is -0.445 e. The van der Waals surface area contributed by atoms with Gasteiger partial charge in [0.2, 0.25) is 0 Å². The number of amides is 1. The molecule has 4 heteroatoms. The predicted octanol–water partition coefficient (Wildman–Crippen LogP) is 1.51. The quantitative estimate of drug-likeness (QED) is 0.592. The van der Waals surface area contributed by atoms with E-state index >= 15 is 0 Å². The lowest BCUT2D eigenvalue weighted by Gasteiger charge is -2.52. The van der Waals surface area contributed by atoms with Gasteiger partial charge in [-0.1, -0.05) is 15.9 Å². The van der Waals surface area contributed by atoms with Gasteiger partial charge in [0.05, 0.1) is 10.4 Å². The van der Waals surface area contributed by atoms with Crippen LogP contribution >= 0.6 is 15.9 Å². The van der Waals surface area contributed by atoms with E-state index in [0.29, 0.717) is 4.83 Å². The van der Waals surface area contributed by atoms with Crippen LogP contribution in [0.15, 0.2) is 0 Å². The van der Waals surface area contributed by atoms with Gasteiger partial charge in [-0.25, -0.2) is 4.79 Å². The van der Waals surface area contributed by atoms with Gasteiger partial charge in [-0.15, -0.1) is 0 Å². The fourth-order valence-electron chi connectivity index (χ4n) is 2.64. The Balaban J connectivity index is 1.98. The molecule has 1 saturated carbocycles. The minimum absolute atomic E-state index is 0.0977. The Kier molecular flexibility index (Phi) is 1.18. The van der Waals surface area contributed by atoms with E-state index in [9.17, 15) is 4.79 Å².